The number of pyridine rings is 1. The predicted octanol–water partition coefficient (Wildman–Crippen LogP) is 4.03. The Hall–Kier alpha value is -2.90. The number of aromatic nitrogens is 2. The van der Waals surface area contributed by atoms with Crippen molar-refractivity contribution in [3.63, 3.8) is 0 Å². The summed E-state index contributed by atoms with van der Waals surface area (Å²) in [4.78, 5) is 10.9. The van der Waals surface area contributed by atoms with Crippen molar-refractivity contribution in [2.45, 2.75) is 0 Å². The molecule has 27 heavy (non-hydrogen) atoms. The van der Waals surface area contributed by atoms with Gasteiger partial charge in [0.25, 0.3) is 0 Å². The van der Waals surface area contributed by atoms with Crippen LogP contribution >= 0.6 is 11.3 Å². The van der Waals surface area contributed by atoms with Gasteiger partial charge in [-0.2, -0.15) is 0 Å². The highest BCUT2D eigenvalue weighted by molar-refractivity contribution is 7.16. The van der Waals surface area contributed by atoms with Gasteiger partial charge in [-0.05, 0) is 30.3 Å². The highest BCUT2D eigenvalue weighted by atomic mass is 32.1. The first-order valence-electron chi connectivity index (χ1n) is 8.60. The molecule has 0 amide bonds. The maximum atomic E-state index is 9.07. The van der Waals surface area contributed by atoms with Crippen molar-refractivity contribution in [1.29, 1.82) is 0 Å². The second-order valence-corrected chi connectivity index (χ2v) is 7.21. The van der Waals surface area contributed by atoms with Crippen LogP contribution < -0.4 is 15.0 Å². The second-order valence-electron chi connectivity index (χ2n) is 6.32. The molecule has 6 nitrogen and oxygen atoms in total. The minimum absolute atomic E-state index is 0.0287. The van der Waals surface area contributed by atoms with E-state index in [1.165, 1.54) is 4.70 Å². The van der Waals surface area contributed by atoms with Gasteiger partial charge in [-0.1, -0.05) is 0 Å². The largest absolute Gasteiger partial charge is 0.489 e. The van der Waals surface area contributed by atoms with Crippen molar-refractivity contribution in [1.82, 2.24) is 9.97 Å². The zero-order valence-corrected chi connectivity index (χ0v) is 16.0. The van der Waals surface area contributed by atoms with Crippen LogP contribution in [0.25, 0.3) is 21.1 Å². The van der Waals surface area contributed by atoms with E-state index in [2.05, 4.69) is 33.5 Å². The summed E-state index contributed by atoms with van der Waals surface area (Å²) in [6.45, 7) is 0.219. The number of aliphatic hydroxyl groups excluding tert-OH is 1. The summed E-state index contributed by atoms with van der Waals surface area (Å²) < 4.78 is 6.86. The van der Waals surface area contributed by atoms with Crippen LogP contribution in [0.5, 0.6) is 5.75 Å². The first-order chi connectivity index (χ1) is 13.2. The lowest BCUT2D eigenvalue weighted by atomic mass is 10.1. The summed E-state index contributed by atoms with van der Waals surface area (Å²) in [5.74, 6) is 0.704. The van der Waals surface area contributed by atoms with Crippen LogP contribution in [0.1, 0.15) is 0 Å². The third-order valence-electron chi connectivity index (χ3n) is 4.26. The molecule has 0 atom stereocenters. The number of nitrogens with one attached hydrogen (secondary N) is 1. The summed E-state index contributed by atoms with van der Waals surface area (Å²) >= 11 is 1.63. The molecule has 2 N–H and O–H groups in total. The number of nitrogens with zero attached hydrogens (tertiary/aromatic N) is 3. The Kier molecular flexibility index (Phi) is 4.79. The third-order valence-corrected chi connectivity index (χ3v) is 5.07. The van der Waals surface area contributed by atoms with Crippen molar-refractivity contribution < 1.29 is 9.84 Å². The highest BCUT2D eigenvalue weighted by Gasteiger charge is 2.12. The molecule has 138 valence electrons. The zero-order chi connectivity index (χ0) is 18.8. The molecule has 0 aliphatic heterocycles. The van der Waals surface area contributed by atoms with Gasteiger partial charge < -0.3 is 20.1 Å². The van der Waals surface area contributed by atoms with Crippen molar-refractivity contribution in [2.24, 2.45) is 0 Å². The fourth-order valence-electron chi connectivity index (χ4n) is 2.98. The fraction of sp³-hybridized carbons (Fsp3) is 0.200. The smallest absolute Gasteiger partial charge is 0.144 e. The van der Waals surface area contributed by atoms with E-state index < -0.39 is 0 Å². The summed E-state index contributed by atoms with van der Waals surface area (Å²) in [6.07, 6.45) is 1.77. The van der Waals surface area contributed by atoms with E-state index in [1.54, 1.807) is 17.5 Å². The lowest BCUT2D eigenvalue weighted by molar-refractivity contribution is 0.202. The Labute approximate surface area is 161 Å². The second kappa shape index (κ2) is 7.38. The van der Waals surface area contributed by atoms with Gasteiger partial charge in [0, 0.05) is 43.1 Å². The average molecular weight is 380 g/mol. The molecule has 4 rings (SSSR count). The monoisotopic (exact) mass is 380 g/mol. The number of aliphatic hydroxyl groups is 1. The van der Waals surface area contributed by atoms with Gasteiger partial charge in [0.2, 0.25) is 0 Å². The molecule has 0 unspecified atom stereocenters. The molecule has 0 spiro atoms. The molecular formula is C20H20N4O2S. The number of hydrogen-bond acceptors (Lipinski definition) is 7. The lowest BCUT2D eigenvalue weighted by Crippen LogP contribution is -2.12. The van der Waals surface area contributed by atoms with Crippen LogP contribution in [-0.2, 0) is 0 Å². The van der Waals surface area contributed by atoms with Crippen molar-refractivity contribution in [3.05, 3.63) is 48.1 Å². The van der Waals surface area contributed by atoms with E-state index in [-0.39, 0.29) is 13.2 Å². The van der Waals surface area contributed by atoms with Crippen LogP contribution in [0.2, 0.25) is 0 Å². The first kappa shape index (κ1) is 17.5. The number of ether oxygens (including phenoxy) is 1. The molecule has 0 bridgehead atoms. The van der Waals surface area contributed by atoms with Crippen LogP contribution in [0.4, 0.5) is 17.1 Å². The fourth-order valence-corrected chi connectivity index (χ4v) is 3.64. The summed E-state index contributed by atoms with van der Waals surface area (Å²) in [5, 5.41) is 13.5. The molecule has 2 heterocycles. The van der Waals surface area contributed by atoms with Crippen LogP contribution in [0.3, 0.4) is 0 Å². The molecule has 0 saturated carbocycles. The topological polar surface area (TPSA) is 70.5 Å². The average Bonchev–Trinajstić information content (AvgIpc) is 3.13. The van der Waals surface area contributed by atoms with Gasteiger partial charge in [-0.3, -0.25) is 4.98 Å². The van der Waals surface area contributed by atoms with Gasteiger partial charge in [0.1, 0.15) is 12.4 Å². The SMILES string of the molecule is CN(C)c1cc2c(Nc3ccc4scnc4c3)ccnc2cc1OCCO. The Bertz CT molecular complexity index is 1090. The first-order valence-corrected chi connectivity index (χ1v) is 9.47. The molecule has 0 radical (unpaired) electrons. The van der Waals surface area contributed by atoms with Crippen molar-refractivity contribution >= 4 is 49.5 Å². The van der Waals surface area contributed by atoms with E-state index in [9.17, 15) is 0 Å². The highest BCUT2D eigenvalue weighted by Crippen LogP contribution is 2.35. The zero-order valence-electron chi connectivity index (χ0n) is 15.1. The van der Waals surface area contributed by atoms with Crippen molar-refractivity contribution in [2.75, 3.05) is 37.5 Å². The summed E-state index contributed by atoms with van der Waals surface area (Å²) in [6, 6.07) is 12.1. The van der Waals surface area contributed by atoms with E-state index in [1.807, 2.05) is 42.7 Å². The quantitative estimate of drug-likeness (QED) is 0.526. The molecule has 0 saturated heterocycles. The molecular weight excluding hydrogens is 360 g/mol. The molecule has 2 aromatic heterocycles. The molecule has 0 aliphatic carbocycles. The summed E-state index contributed by atoms with van der Waals surface area (Å²) in [5.41, 5.74) is 6.54. The minimum atomic E-state index is -0.0287. The maximum absolute atomic E-state index is 9.07. The minimum Gasteiger partial charge on any atom is -0.489 e. The van der Waals surface area contributed by atoms with E-state index in [0.29, 0.717) is 5.75 Å². The Balaban J connectivity index is 1.76. The normalized spacial score (nSPS) is 11.1. The number of fused-ring (bicyclic) bond motifs is 2. The maximum Gasteiger partial charge on any atom is 0.144 e. The number of benzene rings is 2. The third kappa shape index (κ3) is 3.51. The van der Waals surface area contributed by atoms with E-state index in [4.69, 9.17) is 9.84 Å². The van der Waals surface area contributed by atoms with Gasteiger partial charge in [-0.25, -0.2) is 4.98 Å². The van der Waals surface area contributed by atoms with Crippen LogP contribution in [-0.4, -0.2) is 42.4 Å². The van der Waals surface area contributed by atoms with Crippen molar-refractivity contribution in [3.8, 4) is 5.75 Å². The van der Waals surface area contributed by atoms with E-state index in [0.717, 1.165) is 33.5 Å². The lowest BCUT2D eigenvalue weighted by Gasteiger charge is -2.19. The molecule has 0 fully saturated rings. The van der Waals surface area contributed by atoms with Gasteiger partial charge in [-0.15, -0.1) is 11.3 Å². The van der Waals surface area contributed by atoms with Crippen LogP contribution in [0, 0.1) is 0 Å². The van der Waals surface area contributed by atoms with E-state index >= 15 is 0 Å². The molecule has 2 aromatic carbocycles. The molecule has 4 aromatic rings. The summed E-state index contributed by atoms with van der Waals surface area (Å²) in [7, 11) is 3.93. The Morgan fingerprint density at radius 3 is 2.81 bits per heavy atom. The standard InChI is InChI=1S/C20H20N4O2S/c1-24(2)18-10-14-15(5-6-21-16(14)11-19(18)26-8-7-25)23-13-3-4-20-17(9-13)22-12-27-20/h3-6,9-12,25H,7-8H2,1-2H3,(H,21,23). The van der Waals surface area contributed by atoms with Gasteiger partial charge in [0.05, 0.1) is 33.5 Å². The molecule has 0 aliphatic rings. The Morgan fingerprint density at radius 2 is 2.00 bits per heavy atom. The number of thiazole rings is 1. The number of anilines is 3. The predicted molar refractivity (Wildman–Crippen MR) is 112 cm³/mol. The molecule has 7 heteroatoms. The van der Waals surface area contributed by atoms with Gasteiger partial charge >= 0.3 is 0 Å². The van der Waals surface area contributed by atoms with Gasteiger partial charge in [0.15, 0.2) is 0 Å². The number of hydrogen-bond donors (Lipinski definition) is 2. The number of rotatable bonds is 6. The Morgan fingerprint density at radius 1 is 1.11 bits per heavy atom. The van der Waals surface area contributed by atoms with Crippen LogP contribution in [0.15, 0.2) is 48.1 Å².